The fourth-order valence-corrected chi connectivity index (χ4v) is 3.36. The number of benzene rings is 3. The summed E-state index contributed by atoms with van der Waals surface area (Å²) in [6, 6.07) is 20.3. The Bertz CT molecular complexity index is 1250. The van der Waals surface area contributed by atoms with Crippen LogP contribution in [0.1, 0.15) is 26.3 Å². The number of aromatic nitrogens is 2. The van der Waals surface area contributed by atoms with Crippen molar-refractivity contribution in [2.75, 3.05) is 14.2 Å². The summed E-state index contributed by atoms with van der Waals surface area (Å²) in [4.78, 5) is 28.9. The first-order valence-electron chi connectivity index (χ1n) is 9.66. The largest absolute Gasteiger partial charge is 0.496 e. The predicted octanol–water partition coefficient (Wildman–Crippen LogP) is 3.75. The molecule has 0 aliphatic carbocycles. The molecule has 0 atom stereocenters. The van der Waals surface area contributed by atoms with Crippen molar-refractivity contribution in [2.24, 2.45) is 0 Å². The standard InChI is InChI=1S/C24H21N3O4/c1-30-22-12-7-16(13-19(22)24(29)31-2)14-25-23(28)17-8-10-18(11-9-17)27-15-26-20-5-3-4-6-21(20)27/h3-13,15H,14H2,1-2H3,(H,25,28). The third-order valence-corrected chi connectivity index (χ3v) is 4.98. The van der Waals surface area contributed by atoms with Crippen molar-refractivity contribution in [3.63, 3.8) is 0 Å². The smallest absolute Gasteiger partial charge is 0.341 e. The van der Waals surface area contributed by atoms with E-state index in [1.54, 1.807) is 36.7 Å². The van der Waals surface area contributed by atoms with Crippen molar-refractivity contribution < 1.29 is 19.1 Å². The topological polar surface area (TPSA) is 82.5 Å². The minimum absolute atomic E-state index is 0.211. The van der Waals surface area contributed by atoms with Gasteiger partial charge in [0, 0.05) is 17.8 Å². The molecule has 1 heterocycles. The lowest BCUT2D eigenvalue weighted by atomic mass is 10.1. The maximum absolute atomic E-state index is 12.6. The van der Waals surface area contributed by atoms with Crippen molar-refractivity contribution in [3.8, 4) is 11.4 Å². The summed E-state index contributed by atoms with van der Waals surface area (Å²) in [6.45, 7) is 0.265. The van der Waals surface area contributed by atoms with Crippen LogP contribution in [0, 0.1) is 0 Å². The van der Waals surface area contributed by atoms with Gasteiger partial charge in [-0.1, -0.05) is 18.2 Å². The Hall–Kier alpha value is -4.13. The van der Waals surface area contributed by atoms with Crippen LogP contribution in [-0.4, -0.2) is 35.6 Å². The second-order valence-corrected chi connectivity index (χ2v) is 6.86. The van der Waals surface area contributed by atoms with E-state index in [2.05, 4.69) is 10.3 Å². The van der Waals surface area contributed by atoms with Gasteiger partial charge in [-0.05, 0) is 54.1 Å². The van der Waals surface area contributed by atoms with Gasteiger partial charge in [-0.25, -0.2) is 9.78 Å². The van der Waals surface area contributed by atoms with E-state index in [0.717, 1.165) is 22.3 Å². The van der Waals surface area contributed by atoms with Gasteiger partial charge < -0.3 is 14.8 Å². The van der Waals surface area contributed by atoms with Crippen LogP contribution in [0.5, 0.6) is 5.75 Å². The van der Waals surface area contributed by atoms with E-state index in [4.69, 9.17) is 9.47 Å². The molecule has 0 saturated heterocycles. The Labute approximate surface area is 179 Å². The highest BCUT2D eigenvalue weighted by Gasteiger charge is 2.14. The average Bonchev–Trinajstić information content (AvgIpc) is 3.26. The number of esters is 1. The van der Waals surface area contributed by atoms with Gasteiger partial charge in [0.25, 0.3) is 5.91 Å². The van der Waals surface area contributed by atoms with Gasteiger partial charge in [-0.2, -0.15) is 0 Å². The summed E-state index contributed by atoms with van der Waals surface area (Å²) < 4.78 is 12.0. The number of nitrogens with one attached hydrogen (secondary N) is 1. The molecule has 0 fully saturated rings. The Balaban J connectivity index is 1.46. The van der Waals surface area contributed by atoms with Crippen LogP contribution in [0.2, 0.25) is 0 Å². The molecule has 0 spiro atoms. The van der Waals surface area contributed by atoms with E-state index in [9.17, 15) is 9.59 Å². The fourth-order valence-electron chi connectivity index (χ4n) is 3.36. The number of hydrogen-bond acceptors (Lipinski definition) is 5. The second-order valence-electron chi connectivity index (χ2n) is 6.86. The van der Waals surface area contributed by atoms with E-state index in [-0.39, 0.29) is 12.5 Å². The molecule has 3 aromatic carbocycles. The van der Waals surface area contributed by atoms with E-state index in [0.29, 0.717) is 16.9 Å². The van der Waals surface area contributed by atoms with E-state index < -0.39 is 5.97 Å². The Morgan fingerprint density at radius 1 is 1.00 bits per heavy atom. The molecule has 0 aliphatic heterocycles. The van der Waals surface area contributed by atoms with Crippen LogP contribution in [0.4, 0.5) is 0 Å². The molecule has 31 heavy (non-hydrogen) atoms. The Morgan fingerprint density at radius 2 is 1.77 bits per heavy atom. The Kier molecular flexibility index (Phi) is 5.66. The molecule has 4 aromatic rings. The van der Waals surface area contributed by atoms with Crippen LogP contribution in [0.3, 0.4) is 0 Å². The third-order valence-electron chi connectivity index (χ3n) is 4.98. The average molecular weight is 415 g/mol. The predicted molar refractivity (Wildman–Crippen MR) is 117 cm³/mol. The summed E-state index contributed by atoms with van der Waals surface area (Å²) in [5, 5.41) is 2.87. The molecule has 4 rings (SSSR count). The van der Waals surface area contributed by atoms with Crippen molar-refractivity contribution in [2.45, 2.75) is 6.54 Å². The lowest BCUT2D eigenvalue weighted by Gasteiger charge is -2.11. The van der Waals surface area contributed by atoms with Crippen LogP contribution in [0.15, 0.2) is 73.1 Å². The number of rotatable bonds is 6. The number of ether oxygens (including phenoxy) is 2. The van der Waals surface area contributed by atoms with Crippen LogP contribution in [-0.2, 0) is 11.3 Å². The quantitative estimate of drug-likeness (QED) is 0.485. The number of methoxy groups -OCH3 is 2. The zero-order valence-electron chi connectivity index (χ0n) is 17.2. The van der Waals surface area contributed by atoms with Crippen LogP contribution < -0.4 is 10.1 Å². The van der Waals surface area contributed by atoms with E-state index in [1.165, 1.54) is 14.2 Å². The molecular weight excluding hydrogens is 394 g/mol. The normalized spacial score (nSPS) is 10.6. The molecule has 0 bridgehead atoms. The molecule has 1 aromatic heterocycles. The highest BCUT2D eigenvalue weighted by atomic mass is 16.5. The molecule has 0 radical (unpaired) electrons. The van der Waals surface area contributed by atoms with Gasteiger partial charge in [0.15, 0.2) is 0 Å². The summed E-state index contributed by atoms with van der Waals surface area (Å²) in [5.41, 5.74) is 4.44. The van der Waals surface area contributed by atoms with E-state index in [1.807, 2.05) is 41.0 Å². The van der Waals surface area contributed by atoms with Gasteiger partial charge >= 0.3 is 5.97 Å². The summed E-state index contributed by atoms with van der Waals surface area (Å²) in [7, 11) is 2.80. The number of nitrogens with zero attached hydrogens (tertiary/aromatic N) is 2. The highest BCUT2D eigenvalue weighted by Crippen LogP contribution is 2.21. The number of hydrogen-bond donors (Lipinski definition) is 1. The molecule has 156 valence electrons. The monoisotopic (exact) mass is 415 g/mol. The van der Waals surface area contributed by atoms with Gasteiger partial charge in [0.05, 0.1) is 25.3 Å². The number of amides is 1. The van der Waals surface area contributed by atoms with Crippen LogP contribution >= 0.6 is 0 Å². The lowest BCUT2D eigenvalue weighted by molar-refractivity contribution is 0.0597. The van der Waals surface area contributed by atoms with Gasteiger partial charge in [0.2, 0.25) is 0 Å². The maximum atomic E-state index is 12.6. The zero-order chi connectivity index (χ0) is 21.8. The molecular formula is C24H21N3O4. The Morgan fingerprint density at radius 3 is 2.52 bits per heavy atom. The molecule has 7 nitrogen and oxygen atoms in total. The first-order valence-corrected chi connectivity index (χ1v) is 9.66. The summed E-state index contributed by atoms with van der Waals surface area (Å²) in [5.74, 6) is -0.283. The molecule has 0 unspecified atom stereocenters. The van der Waals surface area contributed by atoms with Crippen molar-refractivity contribution in [1.82, 2.24) is 14.9 Å². The number of fused-ring (bicyclic) bond motifs is 1. The first kappa shape index (κ1) is 20.2. The number of carbonyl (C=O) groups excluding carboxylic acids is 2. The zero-order valence-corrected chi connectivity index (χ0v) is 17.2. The minimum atomic E-state index is -0.493. The maximum Gasteiger partial charge on any atom is 0.341 e. The SMILES string of the molecule is COC(=O)c1cc(CNC(=O)c2ccc(-n3cnc4ccccc43)cc2)ccc1OC. The van der Waals surface area contributed by atoms with E-state index >= 15 is 0 Å². The van der Waals surface area contributed by atoms with Gasteiger partial charge in [0.1, 0.15) is 17.6 Å². The third kappa shape index (κ3) is 4.11. The second kappa shape index (κ2) is 8.71. The minimum Gasteiger partial charge on any atom is -0.496 e. The van der Waals surface area contributed by atoms with Gasteiger partial charge in [-0.15, -0.1) is 0 Å². The molecule has 7 heteroatoms. The lowest BCUT2D eigenvalue weighted by Crippen LogP contribution is -2.23. The summed E-state index contributed by atoms with van der Waals surface area (Å²) >= 11 is 0. The first-order chi connectivity index (χ1) is 15.1. The molecule has 0 aliphatic rings. The molecule has 0 saturated carbocycles. The van der Waals surface area contributed by atoms with Crippen molar-refractivity contribution in [1.29, 1.82) is 0 Å². The van der Waals surface area contributed by atoms with Crippen molar-refractivity contribution in [3.05, 3.63) is 89.7 Å². The number of imidazole rings is 1. The van der Waals surface area contributed by atoms with Crippen molar-refractivity contribution >= 4 is 22.9 Å². The molecule has 1 amide bonds. The van der Waals surface area contributed by atoms with Crippen LogP contribution in [0.25, 0.3) is 16.7 Å². The molecule has 1 N–H and O–H groups in total. The number of carbonyl (C=O) groups is 2. The summed E-state index contributed by atoms with van der Waals surface area (Å²) in [6.07, 6.45) is 1.77. The number of para-hydroxylation sites is 2. The highest BCUT2D eigenvalue weighted by molar-refractivity contribution is 5.95. The van der Waals surface area contributed by atoms with Gasteiger partial charge in [-0.3, -0.25) is 9.36 Å². The fraction of sp³-hybridized carbons (Fsp3) is 0.125.